The number of fused-ring (bicyclic) bond motifs is 1. The van der Waals surface area contributed by atoms with Crippen LogP contribution in [0.5, 0.6) is 0 Å². The van der Waals surface area contributed by atoms with Crippen LogP contribution in [0.25, 0.3) is 11.0 Å². The molecule has 5 heteroatoms. The molecular weight excluding hydrogens is 276 g/mol. The predicted molar refractivity (Wildman–Crippen MR) is 61.5 cm³/mol. The van der Waals surface area contributed by atoms with Crippen molar-refractivity contribution in [2.75, 3.05) is 7.11 Å². The van der Waals surface area contributed by atoms with Crippen molar-refractivity contribution >= 4 is 32.9 Å². The van der Waals surface area contributed by atoms with Crippen LogP contribution in [-0.2, 0) is 4.74 Å². The third-order valence-corrected chi connectivity index (χ3v) is 2.60. The van der Waals surface area contributed by atoms with Crippen LogP contribution < -0.4 is 5.63 Å². The molecule has 0 radical (unpaired) electrons. The predicted octanol–water partition coefficient (Wildman–Crippen LogP) is 2.34. The Morgan fingerprint density at radius 1 is 1.38 bits per heavy atom. The summed E-state index contributed by atoms with van der Waals surface area (Å²) in [6.45, 7) is 0. The number of hydrogen-bond donors (Lipinski definition) is 0. The van der Waals surface area contributed by atoms with Gasteiger partial charge < -0.3 is 9.15 Å². The Kier molecular flexibility index (Phi) is 2.78. The van der Waals surface area contributed by atoms with E-state index in [1.54, 1.807) is 18.2 Å². The molecule has 0 aliphatic rings. The molecule has 0 spiro atoms. The van der Waals surface area contributed by atoms with E-state index in [2.05, 4.69) is 20.7 Å². The number of methoxy groups -OCH3 is 1. The molecule has 2 aromatic rings. The van der Waals surface area contributed by atoms with Crippen LogP contribution >= 0.6 is 15.9 Å². The van der Waals surface area contributed by atoms with Gasteiger partial charge in [0.15, 0.2) is 0 Å². The van der Waals surface area contributed by atoms with Gasteiger partial charge in [0.25, 0.3) is 0 Å². The average molecular weight is 283 g/mol. The molecule has 1 aromatic heterocycles. The summed E-state index contributed by atoms with van der Waals surface area (Å²) in [4.78, 5) is 22.7. The maximum absolute atomic E-state index is 11.5. The number of halogens is 1. The van der Waals surface area contributed by atoms with E-state index in [-0.39, 0.29) is 5.56 Å². The fourth-order valence-electron chi connectivity index (χ4n) is 1.41. The number of benzene rings is 1. The number of esters is 1. The number of carbonyl (C=O) groups excluding carboxylic acids is 1. The van der Waals surface area contributed by atoms with Gasteiger partial charge >= 0.3 is 11.6 Å². The number of rotatable bonds is 1. The van der Waals surface area contributed by atoms with Gasteiger partial charge in [-0.25, -0.2) is 9.59 Å². The van der Waals surface area contributed by atoms with Crippen molar-refractivity contribution in [3.05, 3.63) is 44.7 Å². The minimum Gasteiger partial charge on any atom is -0.465 e. The Hall–Kier alpha value is -1.62. The summed E-state index contributed by atoms with van der Waals surface area (Å²) in [5, 5.41) is 0.542. The third-order valence-electron chi connectivity index (χ3n) is 2.11. The second-order valence-electron chi connectivity index (χ2n) is 3.11. The van der Waals surface area contributed by atoms with Crippen molar-refractivity contribution in [1.29, 1.82) is 0 Å². The Morgan fingerprint density at radius 2 is 2.12 bits per heavy atom. The first-order chi connectivity index (χ1) is 7.61. The summed E-state index contributed by atoms with van der Waals surface area (Å²) in [6, 6.07) is 6.17. The minimum absolute atomic E-state index is 0.204. The quantitative estimate of drug-likeness (QED) is 0.595. The lowest BCUT2D eigenvalue weighted by Crippen LogP contribution is -2.08. The van der Waals surface area contributed by atoms with Crippen molar-refractivity contribution < 1.29 is 13.9 Å². The molecule has 0 bridgehead atoms. The zero-order valence-electron chi connectivity index (χ0n) is 8.32. The van der Waals surface area contributed by atoms with Crippen LogP contribution in [-0.4, -0.2) is 13.1 Å². The highest BCUT2D eigenvalue weighted by Crippen LogP contribution is 2.22. The van der Waals surface area contributed by atoms with Crippen LogP contribution in [0, 0.1) is 0 Å². The molecule has 82 valence electrons. The lowest BCUT2D eigenvalue weighted by atomic mass is 10.1. The molecule has 0 aliphatic heterocycles. The first kappa shape index (κ1) is 10.9. The maximum atomic E-state index is 11.5. The Bertz CT molecular complexity index is 615. The van der Waals surface area contributed by atoms with Gasteiger partial charge in [-0.1, -0.05) is 15.9 Å². The van der Waals surface area contributed by atoms with Gasteiger partial charge in [-0.3, -0.25) is 0 Å². The fraction of sp³-hybridized carbons (Fsp3) is 0.0909. The summed E-state index contributed by atoms with van der Waals surface area (Å²) >= 11 is 3.28. The monoisotopic (exact) mass is 282 g/mol. The fourth-order valence-corrected chi connectivity index (χ4v) is 1.78. The van der Waals surface area contributed by atoms with Crippen LogP contribution in [0.1, 0.15) is 10.4 Å². The highest BCUT2D eigenvalue weighted by Gasteiger charge is 2.13. The van der Waals surface area contributed by atoms with E-state index in [0.717, 1.165) is 10.5 Å². The maximum Gasteiger partial charge on any atom is 0.338 e. The summed E-state index contributed by atoms with van der Waals surface area (Å²) < 4.78 is 10.4. The SMILES string of the molecule is COC(=O)c1cc(=O)oc2ccc(Br)cc12. The second kappa shape index (κ2) is 4.09. The summed E-state index contributed by atoms with van der Waals surface area (Å²) in [5.74, 6) is -0.559. The van der Waals surface area contributed by atoms with E-state index in [0.29, 0.717) is 11.0 Å². The van der Waals surface area contributed by atoms with Gasteiger partial charge in [-0.05, 0) is 18.2 Å². The van der Waals surface area contributed by atoms with E-state index in [9.17, 15) is 9.59 Å². The molecule has 4 nitrogen and oxygen atoms in total. The molecular formula is C11H7BrO4. The topological polar surface area (TPSA) is 56.5 Å². The number of ether oxygens (including phenoxy) is 1. The van der Waals surface area contributed by atoms with E-state index >= 15 is 0 Å². The van der Waals surface area contributed by atoms with Crippen LogP contribution in [0.2, 0.25) is 0 Å². The molecule has 16 heavy (non-hydrogen) atoms. The molecule has 0 saturated carbocycles. The van der Waals surface area contributed by atoms with Gasteiger partial charge in [0, 0.05) is 15.9 Å². The third kappa shape index (κ3) is 1.86. The molecule has 0 aliphatic carbocycles. The largest absolute Gasteiger partial charge is 0.465 e. The second-order valence-corrected chi connectivity index (χ2v) is 4.03. The molecule has 0 N–H and O–H groups in total. The molecule has 0 unspecified atom stereocenters. The zero-order chi connectivity index (χ0) is 11.7. The van der Waals surface area contributed by atoms with Crippen molar-refractivity contribution in [2.45, 2.75) is 0 Å². The van der Waals surface area contributed by atoms with E-state index in [1.807, 2.05) is 0 Å². The first-order valence-corrected chi connectivity index (χ1v) is 5.23. The lowest BCUT2D eigenvalue weighted by Gasteiger charge is -2.03. The van der Waals surface area contributed by atoms with Crippen molar-refractivity contribution in [3.63, 3.8) is 0 Å². The van der Waals surface area contributed by atoms with Gasteiger partial charge in [0.05, 0.1) is 12.7 Å². The molecule has 2 rings (SSSR count). The van der Waals surface area contributed by atoms with Gasteiger partial charge in [0.2, 0.25) is 0 Å². The zero-order valence-corrected chi connectivity index (χ0v) is 9.91. The van der Waals surface area contributed by atoms with Crippen LogP contribution in [0.3, 0.4) is 0 Å². The average Bonchev–Trinajstić information content (AvgIpc) is 2.27. The van der Waals surface area contributed by atoms with E-state index in [1.165, 1.54) is 7.11 Å². The smallest absolute Gasteiger partial charge is 0.338 e. The van der Waals surface area contributed by atoms with Gasteiger partial charge in [-0.15, -0.1) is 0 Å². The van der Waals surface area contributed by atoms with Crippen LogP contribution in [0.4, 0.5) is 0 Å². The molecule has 1 aromatic carbocycles. The summed E-state index contributed by atoms with van der Waals surface area (Å²) in [6.07, 6.45) is 0. The molecule has 0 saturated heterocycles. The Labute approximate surface area is 99.0 Å². The lowest BCUT2D eigenvalue weighted by molar-refractivity contribution is 0.0602. The van der Waals surface area contributed by atoms with Crippen molar-refractivity contribution in [1.82, 2.24) is 0 Å². The minimum atomic E-state index is -0.574. The van der Waals surface area contributed by atoms with Gasteiger partial charge in [0.1, 0.15) is 5.58 Å². The summed E-state index contributed by atoms with van der Waals surface area (Å²) in [5.41, 5.74) is -0.0126. The summed E-state index contributed by atoms with van der Waals surface area (Å²) in [7, 11) is 1.26. The molecule has 0 atom stereocenters. The standard InChI is InChI=1S/C11H7BrO4/c1-15-11(14)8-5-10(13)16-9-3-2-6(12)4-7(8)9/h2-5H,1H3. The highest BCUT2D eigenvalue weighted by atomic mass is 79.9. The van der Waals surface area contributed by atoms with Crippen LogP contribution in [0.15, 0.2) is 37.9 Å². The Balaban J connectivity index is 2.84. The Morgan fingerprint density at radius 3 is 2.81 bits per heavy atom. The first-order valence-electron chi connectivity index (χ1n) is 4.43. The molecule has 1 heterocycles. The number of hydrogen-bond acceptors (Lipinski definition) is 4. The number of carbonyl (C=O) groups is 1. The van der Waals surface area contributed by atoms with Gasteiger partial charge in [-0.2, -0.15) is 0 Å². The van der Waals surface area contributed by atoms with E-state index < -0.39 is 11.6 Å². The van der Waals surface area contributed by atoms with Crippen molar-refractivity contribution in [2.24, 2.45) is 0 Å². The molecule has 0 amide bonds. The van der Waals surface area contributed by atoms with E-state index in [4.69, 9.17) is 4.42 Å². The normalized spacial score (nSPS) is 10.4. The molecule has 0 fully saturated rings. The highest BCUT2D eigenvalue weighted by molar-refractivity contribution is 9.10. The van der Waals surface area contributed by atoms with Crippen molar-refractivity contribution in [3.8, 4) is 0 Å².